The first-order valence-corrected chi connectivity index (χ1v) is 11.4. The van der Waals surface area contributed by atoms with Crippen molar-refractivity contribution in [2.75, 3.05) is 6.54 Å². The molecule has 1 N–H and O–H groups in total. The molecule has 2 aromatic rings. The van der Waals surface area contributed by atoms with Gasteiger partial charge in [0.15, 0.2) is 0 Å². The summed E-state index contributed by atoms with van der Waals surface area (Å²) in [5.74, 6) is -0.185. The number of hydrogen-bond donors (Lipinski definition) is 1. The van der Waals surface area contributed by atoms with Crippen molar-refractivity contribution in [1.29, 1.82) is 0 Å². The number of fused-ring (bicyclic) bond motifs is 1. The van der Waals surface area contributed by atoms with Gasteiger partial charge in [0.25, 0.3) is 0 Å². The van der Waals surface area contributed by atoms with Crippen LogP contribution in [-0.4, -0.2) is 31.2 Å². The van der Waals surface area contributed by atoms with Crippen LogP contribution in [-0.2, 0) is 21.2 Å². The van der Waals surface area contributed by atoms with E-state index in [1.807, 2.05) is 19.1 Å². The summed E-state index contributed by atoms with van der Waals surface area (Å²) in [6.07, 6.45) is 4.20. The van der Waals surface area contributed by atoms with Crippen LogP contribution in [0.25, 0.3) is 0 Å². The standard InChI is InChI=1S/C22H26N2O3S/c1-16-11-13-18(14-12-16)28(26,27)24-15-5-10-21(24)22(25)23-20-9-4-7-17-6-2-3-8-19(17)20/h2-3,6,8,11-14,20-21H,4-5,7,9-10,15H2,1H3,(H,23,25). The largest absolute Gasteiger partial charge is 0.348 e. The Bertz CT molecular complexity index is 970. The number of aryl methyl sites for hydroxylation is 2. The summed E-state index contributed by atoms with van der Waals surface area (Å²) < 4.78 is 27.6. The summed E-state index contributed by atoms with van der Waals surface area (Å²) in [6, 6.07) is 14.3. The highest BCUT2D eigenvalue weighted by Gasteiger charge is 2.40. The van der Waals surface area contributed by atoms with E-state index in [-0.39, 0.29) is 16.8 Å². The van der Waals surface area contributed by atoms with Crippen molar-refractivity contribution in [2.45, 2.75) is 56.0 Å². The first kappa shape index (κ1) is 19.2. The van der Waals surface area contributed by atoms with Gasteiger partial charge in [-0.2, -0.15) is 4.31 Å². The van der Waals surface area contributed by atoms with Crippen LogP contribution in [0.2, 0.25) is 0 Å². The number of nitrogens with one attached hydrogen (secondary N) is 1. The molecule has 0 radical (unpaired) electrons. The Morgan fingerprint density at radius 1 is 1.04 bits per heavy atom. The van der Waals surface area contributed by atoms with Gasteiger partial charge < -0.3 is 5.32 Å². The van der Waals surface area contributed by atoms with Crippen LogP contribution in [0, 0.1) is 6.92 Å². The monoisotopic (exact) mass is 398 g/mol. The molecule has 2 aliphatic rings. The van der Waals surface area contributed by atoms with E-state index in [4.69, 9.17) is 0 Å². The van der Waals surface area contributed by atoms with Crippen LogP contribution >= 0.6 is 0 Å². The molecule has 0 aromatic heterocycles. The number of carbonyl (C=O) groups excluding carboxylic acids is 1. The zero-order chi connectivity index (χ0) is 19.7. The molecular formula is C22H26N2O3S. The van der Waals surface area contributed by atoms with Gasteiger partial charge in [0, 0.05) is 6.54 Å². The Balaban J connectivity index is 1.54. The van der Waals surface area contributed by atoms with Crippen molar-refractivity contribution in [3.63, 3.8) is 0 Å². The molecule has 4 rings (SSSR count). The van der Waals surface area contributed by atoms with Crippen LogP contribution in [0.15, 0.2) is 53.4 Å². The fourth-order valence-corrected chi connectivity index (χ4v) is 5.96. The van der Waals surface area contributed by atoms with Crippen molar-refractivity contribution >= 4 is 15.9 Å². The van der Waals surface area contributed by atoms with E-state index < -0.39 is 16.1 Å². The second-order valence-electron chi connectivity index (χ2n) is 7.74. The zero-order valence-corrected chi connectivity index (χ0v) is 16.9. The number of hydrogen-bond acceptors (Lipinski definition) is 3. The SMILES string of the molecule is Cc1ccc(S(=O)(=O)N2CCCC2C(=O)NC2CCCc3ccccc32)cc1. The summed E-state index contributed by atoms with van der Waals surface area (Å²) in [6.45, 7) is 2.31. The summed E-state index contributed by atoms with van der Waals surface area (Å²) >= 11 is 0. The van der Waals surface area contributed by atoms with Crippen molar-refractivity contribution in [1.82, 2.24) is 9.62 Å². The normalized spacial score (nSPS) is 22.6. The van der Waals surface area contributed by atoms with Gasteiger partial charge in [0.1, 0.15) is 6.04 Å². The third-order valence-electron chi connectivity index (χ3n) is 5.82. The first-order chi connectivity index (χ1) is 13.5. The molecule has 1 fully saturated rings. The maximum absolute atomic E-state index is 13.1. The van der Waals surface area contributed by atoms with E-state index in [9.17, 15) is 13.2 Å². The highest BCUT2D eigenvalue weighted by molar-refractivity contribution is 7.89. The molecule has 1 saturated heterocycles. The molecule has 6 heteroatoms. The third-order valence-corrected chi connectivity index (χ3v) is 7.74. The Morgan fingerprint density at radius 2 is 1.79 bits per heavy atom. The summed E-state index contributed by atoms with van der Waals surface area (Å²) in [5, 5.41) is 3.13. The summed E-state index contributed by atoms with van der Waals surface area (Å²) in [5.41, 5.74) is 3.44. The fraction of sp³-hybridized carbons (Fsp3) is 0.409. The van der Waals surface area contributed by atoms with Crippen LogP contribution in [0.3, 0.4) is 0 Å². The predicted molar refractivity (Wildman–Crippen MR) is 108 cm³/mol. The Morgan fingerprint density at radius 3 is 2.57 bits per heavy atom. The van der Waals surface area contributed by atoms with Crippen molar-refractivity contribution in [3.8, 4) is 0 Å². The van der Waals surface area contributed by atoms with Gasteiger partial charge in [-0.25, -0.2) is 8.42 Å². The highest BCUT2D eigenvalue weighted by atomic mass is 32.2. The molecule has 0 bridgehead atoms. The Hall–Kier alpha value is -2.18. The van der Waals surface area contributed by atoms with E-state index >= 15 is 0 Å². The predicted octanol–water partition coefficient (Wildman–Crippen LogP) is 3.34. The molecule has 1 aliphatic carbocycles. The maximum Gasteiger partial charge on any atom is 0.243 e. The minimum atomic E-state index is -3.68. The molecule has 0 spiro atoms. The number of amides is 1. The second-order valence-corrected chi connectivity index (χ2v) is 9.63. The third kappa shape index (κ3) is 3.59. The molecule has 148 valence electrons. The van der Waals surface area contributed by atoms with E-state index in [2.05, 4.69) is 17.4 Å². The smallest absolute Gasteiger partial charge is 0.243 e. The zero-order valence-electron chi connectivity index (χ0n) is 16.1. The van der Waals surface area contributed by atoms with Gasteiger partial charge in [-0.05, 0) is 62.3 Å². The van der Waals surface area contributed by atoms with E-state index in [1.54, 1.807) is 24.3 Å². The average molecular weight is 399 g/mol. The molecular weight excluding hydrogens is 372 g/mol. The molecule has 28 heavy (non-hydrogen) atoms. The molecule has 2 unspecified atom stereocenters. The van der Waals surface area contributed by atoms with Gasteiger partial charge in [-0.3, -0.25) is 4.79 Å². The molecule has 1 aliphatic heterocycles. The van der Waals surface area contributed by atoms with Crippen LogP contribution in [0.5, 0.6) is 0 Å². The van der Waals surface area contributed by atoms with Crippen molar-refractivity contribution in [2.24, 2.45) is 0 Å². The second kappa shape index (κ2) is 7.68. The highest BCUT2D eigenvalue weighted by Crippen LogP contribution is 2.31. The Kier molecular flexibility index (Phi) is 5.25. The topological polar surface area (TPSA) is 66.5 Å². The van der Waals surface area contributed by atoms with E-state index in [0.29, 0.717) is 19.4 Å². The van der Waals surface area contributed by atoms with Crippen LogP contribution in [0.4, 0.5) is 0 Å². The fourth-order valence-electron chi connectivity index (χ4n) is 4.31. The lowest BCUT2D eigenvalue weighted by Crippen LogP contribution is -2.47. The minimum absolute atomic E-state index is 0.0398. The van der Waals surface area contributed by atoms with Gasteiger partial charge in [-0.1, -0.05) is 42.0 Å². The Labute approximate surface area is 166 Å². The first-order valence-electron chi connectivity index (χ1n) is 9.93. The lowest BCUT2D eigenvalue weighted by atomic mass is 9.87. The van der Waals surface area contributed by atoms with Crippen LogP contribution < -0.4 is 5.32 Å². The van der Waals surface area contributed by atoms with Crippen molar-refractivity contribution in [3.05, 3.63) is 65.2 Å². The van der Waals surface area contributed by atoms with Crippen molar-refractivity contribution < 1.29 is 13.2 Å². The average Bonchev–Trinajstić information content (AvgIpc) is 3.20. The minimum Gasteiger partial charge on any atom is -0.348 e. The summed E-state index contributed by atoms with van der Waals surface area (Å²) in [7, 11) is -3.68. The molecule has 1 heterocycles. The number of nitrogens with zero attached hydrogens (tertiary/aromatic N) is 1. The van der Waals surface area contributed by atoms with Gasteiger partial charge >= 0.3 is 0 Å². The molecule has 2 aromatic carbocycles. The van der Waals surface area contributed by atoms with E-state index in [0.717, 1.165) is 30.4 Å². The van der Waals surface area contributed by atoms with Gasteiger partial charge in [0.05, 0.1) is 10.9 Å². The number of carbonyl (C=O) groups is 1. The van der Waals surface area contributed by atoms with Gasteiger partial charge in [-0.15, -0.1) is 0 Å². The summed E-state index contributed by atoms with van der Waals surface area (Å²) in [4.78, 5) is 13.3. The lowest BCUT2D eigenvalue weighted by Gasteiger charge is -2.29. The quantitative estimate of drug-likeness (QED) is 0.859. The number of sulfonamides is 1. The molecule has 0 saturated carbocycles. The molecule has 5 nitrogen and oxygen atoms in total. The molecule has 1 amide bonds. The lowest BCUT2D eigenvalue weighted by molar-refractivity contribution is -0.125. The van der Waals surface area contributed by atoms with Gasteiger partial charge in [0.2, 0.25) is 15.9 Å². The molecule has 2 atom stereocenters. The maximum atomic E-state index is 13.1. The van der Waals surface area contributed by atoms with Crippen LogP contribution in [0.1, 0.15) is 48.4 Å². The number of rotatable bonds is 4. The number of benzene rings is 2. The van der Waals surface area contributed by atoms with E-state index in [1.165, 1.54) is 9.87 Å².